The topological polar surface area (TPSA) is 80.3 Å². The van der Waals surface area contributed by atoms with Gasteiger partial charge in [-0.1, -0.05) is 54.6 Å². The minimum atomic E-state index is -0.900. The van der Waals surface area contributed by atoms with Gasteiger partial charge in [0.15, 0.2) is 0 Å². The summed E-state index contributed by atoms with van der Waals surface area (Å²) in [6.07, 6.45) is 0.158. The van der Waals surface area contributed by atoms with Gasteiger partial charge in [0.05, 0.1) is 33.9 Å². The average Bonchev–Trinajstić information content (AvgIpc) is 3.06. The number of morpholine rings is 1. The van der Waals surface area contributed by atoms with Crippen LogP contribution in [0.1, 0.15) is 22.7 Å². The molecule has 1 fully saturated rings. The summed E-state index contributed by atoms with van der Waals surface area (Å²) in [6.45, 7) is 3.28. The lowest BCUT2D eigenvalue weighted by molar-refractivity contribution is -0.139. The van der Waals surface area contributed by atoms with Gasteiger partial charge < -0.3 is 29.3 Å². The predicted octanol–water partition coefficient (Wildman–Crippen LogP) is 5.49. The average molecular weight is 580 g/mol. The number of methoxy groups -OCH3 is 2. The van der Waals surface area contributed by atoms with Crippen LogP contribution in [-0.2, 0) is 27.3 Å². The van der Waals surface area contributed by atoms with Crippen molar-refractivity contribution in [2.24, 2.45) is 0 Å². The molecule has 4 aromatic rings. The third-order valence-corrected chi connectivity index (χ3v) is 7.53. The first-order valence-electron chi connectivity index (χ1n) is 14.4. The number of ether oxygens (including phenoxy) is 3. The van der Waals surface area contributed by atoms with Crippen LogP contribution in [0.5, 0.6) is 11.5 Å². The van der Waals surface area contributed by atoms with E-state index in [1.165, 1.54) is 0 Å². The zero-order valence-electron chi connectivity index (χ0n) is 24.6. The molecule has 1 atom stereocenters. The lowest BCUT2D eigenvalue weighted by Gasteiger charge is -2.32. The standard InChI is InChI=1S/C35H37N3O5/c1-41-31-16-8-27(9-17-31)25-38(33(39)24-26-6-4-3-5-7-26)34(28-10-18-32(42-2)19-11-28)35(40)36-29-12-14-30(15-13-29)37-20-22-43-23-21-37/h3-19,34H,20-25H2,1-2H3,(H,36,40). The van der Waals surface area contributed by atoms with Crippen LogP contribution < -0.4 is 19.7 Å². The summed E-state index contributed by atoms with van der Waals surface area (Å²) in [5, 5.41) is 3.08. The number of nitrogens with zero attached hydrogens (tertiary/aromatic N) is 2. The SMILES string of the molecule is COc1ccc(CN(C(=O)Cc2ccccc2)C(C(=O)Nc2ccc(N3CCOCC3)cc2)c2ccc(OC)cc2)cc1. The van der Waals surface area contributed by atoms with Crippen LogP contribution in [0.2, 0.25) is 0 Å². The van der Waals surface area contributed by atoms with Gasteiger partial charge in [-0.25, -0.2) is 0 Å². The van der Waals surface area contributed by atoms with Crippen molar-refractivity contribution in [3.63, 3.8) is 0 Å². The third kappa shape index (κ3) is 7.72. The Morgan fingerprint density at radius 2 is 1.40 bits per heavy atom. The number of rotatable bonds is 11. The molecule has 8 heteroatoms. The van der Waals surface area contributed by atoms with Gasteiger partial charge in [0, 0.05) is 31.0 Å². The summed E-state index contributed by atoms with van der Waals surface area (Å²) in [6, 6.07) is 31.3. The van der Waals surface area contributed by atoms with Gasteiger partial charge in [-0.15, -0.1) is 0 Å². The summed E-state index contributed by atoms with van der Waals surface area (Å²) in [5.74, 6) is 0.912. The van der Waals surface area contributed by atoms with Gasteiger partial charge >= 0.3 is 0 Å². The Balaban J connectivity index is 1.47. The van der Waals surface area contributed by atoms with Crippen molar-refractivity contribution in [3.8, 4) is 11.5 Å². The summed E-state index contributed by atoms with van der Waals surface area (Å²) in [4.78, 5) is 32.1. The molecule has 1 saturated heterocycles. The van der Waals surface area contributed by atoms with E-state index in [4.69, 9.17) is 14.2 Å². The fraction of sp³-hybridized carbons (Fsp3) is 0.257. The Hall–Kier alpha value is -4.82. The normalized spacial score (nSPS) is 13.6. The molecule has 0 aliphatic carbocycles. The number of carbonyl (C=O) groups is 2. The molecule has 1 unspecified atom stereocenters. The highest BCUT2D eigenvalue weighted by molar-refractivity contribution is 5.98. The van der Waals surface area contributed by atoms with E-state index in [0.717, 1.165) is 35.7 Å². The van der Waals surface area contributed by atoms with E-state index >= 15 is 0 Å². The minimum absolute atomic E-state index is 0.158. The number of benzene rings is 4. The van der Waals surface area contributed by atoms with Gasteiger partial charge in [0.25, 0.3) is 5.91 Å². The van der Waals surface area contributed by atoms with Crippen LogP contribution in [0.25, 0.3) is 0 Å². The van der Waals surface area contributed by atoms with Gasteiger partial charge in [0.1, 0.15) is 17.5 Å². The maximum atomic E-state index is 14.2. The van der Waals surface area contributed by atoms with Crippen molar-refractivity contribution in [3.05, 3.63) is 120 Å². The summed E-state index contributed by atoms with van der Waals surface area (Å²) < 4.78 is 16.2. The second-order valence-electron chi connectivity index (χ2n) is 10.3. The largest absolute Gasteiger partial charge is 0.497 e. The second-order valence-corrected chi connectivity index (χ2v) is 10.3. The fourth-order valence-electron chi connectivity index (χ4n) is 5.17. The van der Waals surface area contributed by atoms with Crippen LogP contribution in [-0.4, -0.2) is 57.2 Å². The molecule has 4 aromatic carbocycles. The van der Waals surface area contributed by atoms with Gasteiger partial charge in [-0.05, 0) is 65.2 Å². The molecule has 222 valence electrons. The third-order valence-electron chi connectivity index (χ3n) is 7.53. The van der Waals surface area contributed by atoms with Gasteiger partial charge in [-0.2, -0.15) is 0 Å². The first-order chi connectivity index (χ1) is 21.0. The maximum Gasteiger partial charge on any atom is 0.251 e. The molecular formula is C35H37N3O5. The van der Waals surface area contributed by atoms with Crippen molar-refractivity contribution >= 4 is 23.2 Å². The number of carbonyl (C=O) groups excluding carboxylic acids is 2. The summed E-state index contributed by atoms with van der Waals surface area (Å²) in [7, 11) is 3.21. The van der Waals surface area contributed by atoms with Crippen molar-refractivity contribution in [2.75, 3.05) is 50.7 Å². The van der Waals surface area contributed by atoms with E-state index in [9.17, 15) is 9.59 Å². The lowest BCUT2D eigenvalue weighted by atomic mass is 10.0. The molecule has 1 heterocycles. The molecule has 5 rings (SSSR count). The zero-order valence-corrected chi connectivity index (χ0v) is 24.6. The molecule has 2 amide bonds. The van der Waals surface area contributed by atoms with E-state index in [1.807, 2.05) is 91.0 Å². The van der Waals surface area contributed by atoms with Crippen LogP contribution in [0.15, 0.2) is 103 Å². The quantitative estimate of drug-likeness (QED) is 0.253. The fourth-order valence-corrected chi connectivity index (χ4v) is 5.17. The Morgan fingerprint density at radius 1 is 0.791 bits per heavy atom. The molecule has 43 heavy (non-hydrogen) atoms. The Morgan fingerprint density at radius 3 is 2.00 bits per heavy atom. The number of anilines is 2. The second kappa shape index (κ2) is 14.4. The van der Waals surface area contributed by atoms with Crippen LogP contribution >= 0.6 is 0 Å². The predicted molar refractivity (Wildman–Crippen MR) is 168 cm³/mol. The minimum Gasteiger partial charge on any atom is -0.497 e. The Kier molecular flexibility index (Phi) is 9.92. The molecule has 0 aromatic heterocycles. The molecule has 1 aliphatic heterocycles. The van der Waals surface area contributed by atoms with Crippen LogP contribution in [0.3, 0.4) is 0 Å². The van der Waals surface area contributed by atoms with E-state index in [2.05, 4.69) is 10.2 Å². The molecule has 0 radical (unpaired) electrons. The van der Waals surface area contributed by atoms with E-state index < -0.39 is 6.04 Å². The van der Waals surface area contributed by atoms with Crippen LogP contribution in [0.4, 0.5) is 11.4 Å². The van der Waals surface area contributed by atoms with Gasteiger partial charge in [-0.3, -0.25) is 9.59 Å². The van der Waals surface area contributed by atoms with E-state index in [1.54, 1.807) is 31.3 Å². The maximum absolute atomic E-state index is 14.2. The molecule has 1 N–H and O–H groups in total. The molecule has 8 nitrogen and oxygen atoms in total. The highest BCUT2D eigenvalue weighted by Crippen LogP contribution is 2.29. The Bertz CT molecular complexity index is 1470. The molecular weight excluding hydrogens is 542 g/mol. The van der Waals surface area contributed by atoms with E-state index in [-0.39, 0.29) is 24.8 Å². The number of hydrogen-bond donors (Lipinski definition) is 1. The molecule has 0 saturated carbocycles. The zero-order chi connectivity index (χ0) is 30.0. The highest BCUT2D eigenvalue weighted by atomic mass is 16.5. The molecule has 0 spiro atoms. The van der Waals surface area contributed by atoms with Crippen LogP contribution in [0, 0.1) is 0 Å². The summed E-state index contributed by atoms with van der Waals surface area (Å²) in [5.41, 5.74) is 4.16. The van der Waals surface area contributed by atoms with Crippen molar-refractivity contribution < 1.29 is 23.8 Å². The Labute approximate surface area is 252 Å². The first kappa shape index (κ1) is 29.7. The van der Waals surface area contributed by atoms with E-state index in [0.29, 0.717) is 30.2 Å². The molecule has 1 aliphatic rings. The number of nitrogens with one attached hydrogen (secondary N) is 1. The first-order valence-corrected chi connectivity index (χ1v) is 14.4. The number of hydrogen-bond acceptors (Lipinski definition) is 6. The van der Waals surface area contributed by atoms with Crippen molar-refractivity contribution in [1.29, 1.82) is 0 Å². The summed E-state index contributed by atoms with van der Waals surface area (Å²) >= 11 is 0. The van der Waals surface area contributed by atoms with Gasteiger partial charge in [0.2, 0.25) is 5.91 Å². The number of amides is 2. The lowest BCUT2D eigenvalue weighted by Crippen LogP contribution is -2.41. The highest BCUT2D eigenvalue weighted by Gasteiger charge is 2.32. The monoisotopic (exact) mass is 579 g/mol. The molecule has 0 bridgehead atoms. The van der Waals surface area contributed by atoms with Crippen molar-refractivity contribution in [1.82, 2.24) is 4.90 Å². The van der Waals surface area contributed by atoms with Crippen molar-refractivity contribution in [2.45, 2.75) is 19.0 Å². The smallest absolute Gasteiger partial charge is 0.251 e.